The lowest BCUT2D eigenvalue weighted by atomic mass is 10.0. The summed E-state index contributed by atoms with van der Waals surface area (Å²) in [6.07, 6.45) is 1.33. The lowest BCUT2D eigenvalue weighted by Gasteiger charge is -2.29. The Kier molecular flexibility index (Phi) is 4.93. The zero-order valence-corrected chi connectivity index (χ0v) is 16.9. The van der Waals surface area contributed by atoms with E-state index >= 15 is 0 Å². The summed E-state index contributed by atoms with van der Waals surface area (Å²) in [5.74, 6) is -2.45. The Morgan fingerprint density at radius 2 is 1.67 bits per heavy atom. The van der Waals surface area contributed by atoms with Gasteiger partial charge in [-0.3, -0.25) is 30.0 Å². The lowest BCUT2D eigenvalue weighted by Crippen LogP contribution is -2.54. The molecule has 2 heterocycles. The van der Waals surface area contributed by atoms with Crippen molar-refractivity contribution in [2.45, 2.75) is 6.92 Å². The van der Waals surface area contributed by atoms with Crippen LogP contribution < -0.4 is 20.7 Å². The third-order valence-electron chi connectivity index (χ3n) is 4.86. The van der Waals surface area contributed by atoms with Crippen LogP contribution in [0.3, 0.4) is 0 Å². The second kappa shape index (κ2) is 7.57. The van der Waals surface area contributed by atoms with Crippen molar-refractivity contribution in [3.05, 3.63) is 84.1 Å². The number of nitrogens with zero attached hydrogens (tertiary/aromatic N) is 2. The molecule has 2 aliphatic heterocycles. The molecule has 2 saturated heterocycles. The molecular formula is C22H18N4O3S. The van der Waals surface area contributed by atoms with E-state index in [0.717, 1.165) is 5.56 Å². The van der Waals surface area contributed by atoms with Gasteiger partial charge in [0.2, 0.25) is 0 Å². The van der Waals surface area contributed by atoms with Crippen LogP contribution in [0.15, 0.2) is 78.5 Å². The number of nitrogens with one attached hydrogen (secondary N) is 2. The van der Waals surface area contributed by atoms with E-state index in [1.165, 1.54) is 16.0 Å². The molecular weight excluding hydrogens is 400 g/mol. The Hall–Kier alpha value is -3.78. The molecule has 2 fully saturated rings. The number of hydrogen-bond acceptors (Lipinski definition) is 5. The number of hydrogen-bond donors (Lipinski definition) is 2. The third-order valence-corrected chi connectivity index (χ3v) is 5.14. The van der Waals surface area contributed by atoms with E-state index in [-0.39, 0.29) is 16.6 Å². The van der Waals surface area contributed by atoms with Gasteiger partial charge in [0.15, 0.2) is 5.11 Å². The van der Waals surface area contributed by atoms with E-state index in [9.17, 15) is 14.4 Å². The first-order valence-electron chi connectivity index (χ1n) is 9.19. The first-order chi connectivity index (χ1) is 14.4. The fourth-order valence-electron chi connectivity index (χ4n) is 3.27. The average molecular weight is 418 g/mol. The van der Waals surface area contributed by atoms with Crippen LogP contribution in [0.1, 0.15) is 5.56 Å². The number of rotatable bonds is 3. The van der Waals surface area contributed by atoms with Gasteiger partial charge in [0.1, 0.15) is 11.5 Å². The first-order valence-corrected chi connectivity index (χ1v) is 9.60. The highest BCUT2D eigenvalue weighted by molar-refractivity contribution is 7.80. The minimum Gasteiger partial charge on any atom is -0.298 e. The van der Waals surface area contributed by atoms with Gasteiger partial charge in [-0.1, -0.05) is 42.5 Å². The zero-order valence-electron chi connectivity index (χ0n) is 16.1. The highest BCUT2D eigenvalue weighted by Crippen LogP contribution is 2.28. The number of anilines is 2. The van der Waals surface area contributed by atoms with Crippen molar-refractivity contribution >= 4 is 46.4 Å². The maximum atomic E-state index is 13.1. The van der Waals surface area contributed by atoms with Gasteiger partial charge in [-0.15, -0.1) is 0 Å². The smallest absolute Gasteiger partial charge is 0.269 e. The minimum absolute atomic E-state index is 0.00776. The second-order valence-electron chi connectivity index (χ2n) is 6.94. The Morgan fingerprint density at radius 3 is 2.33 bits per heavy atom. The van der Waals surface area contributed by atoms with Crippen LogP contribution in [0.5, 0.6) is 0 Å². The van der Waals surface area contributed by atoms with Crippen molar-refractivity contribution < 1.29 is 14.4 Å². The molecule has 7 nitrogen and oxygen atoms in total. The number of hydrazine groups is 1. The molecule has 0 radical (unpaired) electrons. The number of carbonyl (C=O) groups excluding carboxylic acids is 3. The Bertz CT molecular complexity index is 1110. The van der Waals surface area contributed by atoms with Gasteiger partial charge in [-0.05, 0) is 49.5 Å². The molecule has 8 heteroatoms. The topological polar surface area (TPSA) is 81.8 Å². The predicted octanol–water partition coefficient (Wildman–Crippen LogP) is 2.35. The van der Waals surface area contributed by atoms with Crippen molar-refractivity contribution in [3.8, 4) is 0 Å². The molecule has 2 aromatic carbocycles. The molecule has 0 saturated carbocycles. The molecule has 4 rings (SSSR count). The van der Waals surface area contributed by atoms with Gasteiger partial charge >= 0.3 is 0 Å². The molecule has 0 aromatic heterocycles. The maximum absolute atomic E-state index is 13.1. The monoisotopic (exact) mass is 418 g/mol. The van der Waals surface area contributed by atoms with Gasteiger partial charge in [0, 0.05) is 5.70 Å². The number of aryl methyl sites for hydroxylation is 1. The van der Waals surface area contributed by atoms with Crippen LogP contribution in [-0.4, -0.2) is 22.8 Å². The summed E-state index contributed by atoms with van der Waals surface area (Å²) in [7, 11) is 0. The number of amides is 3. The van der Waals surface area contributed by atoms with Crippen LogP contribution in [0, 0.1) is 12.8 Å². The molecule has 3 amide bonds. The Labute approximate surface area is 178 Å². The summed E-state index contributed by atoms with van der Waals surface area (Å²) < 4.78 is 0. The number of thiocarbonyl (C=S) groups is 1. The highest BCUT2D eigenvalue weighted by atomic mass is 32.1. The molecule has 1 atom stereocenters. The van der Waals surface area contributed by atoms with Crippen molar-refractivity contribution in [3.63, 3.8) is 0 Å². The zero-order chi connectivity index (χ0) is 21.4. The standard InChI is InChI=1S/C22H18N4O3S/c1-13-8-10-15(11-9-13)25-20(28)18(19(27)23-22(25)30)12-17-14(2)24-26(21(17)29)16-6-4-3-5-7-16/h3-12,17,24H,2H2,1H3,(H,23,27,30)/t17-/m0/s1. The van der Waals surface area contributed by atoms with Crippen LogP contribution in [-0.2, 0) is 14.4 Å². The van der Waals surface area contributed by atoms with Crippen LogP contribution >= 0.6 is 12.2 Å². The Balaban J connectivity index is 1.66. The highest BCUT2D eigenvalue weighted by Gasteiger charge is 2.39. The summed E-state index contributed by atoms with van der Waals surface area (Å²) in [5, 5.41) is 3.86. The van der Waals surface area contributed by atoms with Crippen LogP contribution in [0.2, 0.25) is 0 Å². The molecule has 2 aliphatic rings. The Morgan fingerprint density at radius 1 is 1.00 bits per heavy atom. The largest absolute Gasteiger partial charge is 0.298 e. The minimum atomic E-state index is -0.874. The van der Waals surface area contributed by atoms with Crippen molar-refractivity contribution in [1.82, 2.24) is 10.7 Å². The molecule has 2 N–H and O–H groups in total. The molecule has 0 unspecified atom stereocenters. The number of carbonyl (C=O) groups is 3. The van der Waals surface area contributed by atoms with E-state index in [1.807, 2.05) is 25.1 Å². The quantitative estimate of drug-likeness (QED) is 0.454. The lowest BCUT2D eigenvalue weighted by molar-refractivity contribution is -0.122. The van der Waals surface area contributed by atoms with Crippen LogP contribution in [0.25, 0.3) is 0 Å². The van der Waals surface area contributed by atoms with E-state index in [2.05, 4.69) is 17.3 Å². The number of para-hydroxylation sites is 1. The fourth-order valence-corrected chi connectivity index (χ4v) is 3.55. The van der Waals surface area contributed by atoms with E-state index in [4.69, 9.17) is 12.2 Å². The van der Waals surface area contributed by atoms with E-state index < -0.39 is 17.7 Å². The van der Waals surface area contributed by atoms with Gasteiger partial charge in [-0.25, -0.2) is 5.01 Å². The molecule has 2 aromatic rings. The van der Waals surface area contributed by atoms with Gasteiger partial charge in [0.05, 0.1) is 11.4 Å². The second-order valence-corrected chi connectivity index (χ2v) is 7.33. The van der Waals surface area contributed by atoms with Crippen molar-refractivity contribution in [2.75, 3.05) is 9.91 Å². The third kappa shape index (κ3) is 3.37. The van der Waals surface area contributed by atoms with Gasteiger partial charge in [0.25, 0.3) is 17.7 Å². The predicted molar refractivity (Wildman–Crippen MR) is 117 cm³/mol. The van der Waals surface area contributed by atoms with Gasteiger partial charge in [-0.2, -0.15) is 0 Å². The molecule has 0 spiro atoms. The fraction of sp³-hybridized carbons (Fsp3) is 0.0909. The summed E-state index contributed by atoms with van der Waals surface area (Å²) in [6.45, 7) is 5.81. The maximum Gasteiger partial charge on any atom is 0.269 e. The number of benzene rings is 2. The first kappa shape index (κ1) is 19.5. The van der Waals surface area contributed by atoms with Crippen molar-refractivity contribution in [1.29, 1.82) is 0 Å². The average Bonchev–Trinajstić information content (AvgIpc) is 3.01. The van der Waals surface area contributed by atoms with E-state index in [1.54, 1.807) is 36.4 Å². The van der Waals surface area contributed by atoms with Crippen molar-refractivity contribution in [2.24, 2.45) is 5.92 Å². The summed E-state index contributed by atoms with van der Waals surface area (Å²) in [6, 6.07) is 16.2. The molecule has 30 heavy (non-hydrogen) atoms. The molecule has 0 aliphatic carbocycles. The summed E-state index contributed by atoms with van der Waals surface area (Å²) in [5.41, 5.74) is 5.29. The molecule has 150 valence electrons. The summed E-state index contributed by atoms with van der Waals surface area (Å²) >= 11 is 5.20. The van der Waals surface area contributed by atoms with E-state index in [0.29, 0.717) is 17.1 Å². The van der Waals surface area contributed by atoms with Gasteiger partial charge < -0.3 is 0 Å². The molecule has 0 bridgehead atoms. The SMILES string of the molecule is C=C1NN(c2ccccc2)C(=O)[C@H]1C=C1C(=O)NC(=S)N(c2ccc(C)cc2)C1=O. The normalized spacial score (nSPS) is 20.6. The van der Waals surface area contributed by atoms with Crippen LogP contribution in [0.4, 0.5) is 11.4 Å². The summed E-state index contributed by atoms with van der Waals surface area (Å²) in [4.78, 5) is 39.8.